The lowest BCUT2D eigenvalue weighted by Gasteiger charge is -2.46. The highest BCUT2D eigenvalue weighted by Gasteiger charge is 2.50. The van der Waals surface area contributed by atoms with E-state index in [1.54, 1.807) is 6.92 Å². The summed E-state index contributed by atoms with van der Waals surface area (Å²) in [7, 11) is 0. The number of hydrogen-bond donors (Lipinski definition) is 7. The maximum Gasteiger partial charge on any atom is 0.217 e. The van der Waals surface area contributed by atoms with Crippen LogP contribution in [0, 0.1) is 0 Å². The van der Waals surface area contributed by atoms with Crippen molar-refractivity contribution in [3.05, 3.63) is 0 Å². The van der Waals surface area contributed by atoms with Gasteiger partial charge in [0.05, 0.1) is 12.7 Å². The van der Waals surface area contributed by atoms with E-state index in [9.17, 15) is 35.4 Å². The van der Waals surface area contributed by atoms with E-state index in [1.807, 2.05) is 0 Å². The summed E-state index contributed by atoms with van der Waals surface area (Å²) in [5.74, 6) is -0.531. The topological polar surface area (TPSA) is 178 Å². The van der Waals surface area contributed by atoms with Crippen molar-refractivity contribution in [2.24, 2.45) is 0 Å². The Hall–Kier alpha value is -0.890. The van der Waals surface area contributed by atoms with Gasteiger partial charge in [-0.25, -0.2) is 0 Å². The van der Waals surface area contributed by atoms with Gasteiger partial charge in [-0.1, -0.05) is 6.92 Å². The third-order valence-corrected chi connectivity index (χ3v) is 4.60. The van der Waals surface area contributed by atoms with E-state index in [2.05, 4.69) is 5.32 Å². The van der Waals surface area contributed by atoms with Gasteiger partial charge in [-0.05, 0) is 6.42 Å². The molecule has 10 atom stereocenters. The first-order chi connectivity index (χ1) is 12.2. The number of rotatable bonds is 5. The predicted molar refractivity (Wildman–Crippen MR) is 83.4 cm³/mol. The average molecular weight is 381 g/mol. The summed E-state index contributed by atoms with van der Waals surface area (Å²) < 4.78 is 16.1. The van der Waals surface area contributed by atoms with Crippen LogP contribution in [-0.2, 0) is 19.0 Å². The first kappa shape index (κ1) is 21.4. The van der Waals surface area contributed by atoms with Crippen molar-refractivity contribution >= 4 is 5.91 Å². The molecule has 0 saturated carbocycles. The van der Waals surface area contributed by atoms with Gasteiger partial charge in [-0.2, -0.15) is 0 Å². The largest absolute Gasteiger partial charge is 0.394 e. The van der Waals surface area contributed by atoms with Crippen molar-refractivity contribution < 1.29 is 49.6 Å². The lowest BCUT2D eigenvalue weighted by molar-refractivity contribution is -0.343. The fourth-order valence-electron chi connectivity index (χ4n) is 3.16. The Balaban J connectivity index is 2.16. The summed E-state index contributed by atoms with van der Waals surface area (Å²) in [5, 5.41) is 62.1. The van der Waals surface area contributed by atoms with Crippen LogP contribution in [0.3, 0.4) is 0 Å². The Morgan fingerprint density at radius 2 is 1.65 bits per heavy atom. The van der Waals surface area contributed by atoms with Crippen LogP contribution in [0.4, 0.5) is 0 Å². The Bertz CT molecular complexity index is 477. The van der Waals surface area contributed by atoms with Crippen molar-refractivity contribution in [1.82, 2.24) is 5.32 Å². The zero-order valence-electron chi connectivity index (χ0n) is 14.5. The van der Waals surface area contributed by atoms with Gasteiger partial charge in [0.25, 0.3) is 0 Å². The van der Waals surface area contributed by atoms with Gasteiger partial charge in [-0.3, -0.25) is 4.79 Å². The molecule has 11 heteroatoms. The van der Waals surface area contributed by atoms with Crippen molar-refractivity contribution in [3.63, 3.8) is 0 Å². The predicted octanol–water partition coefficient (Wildman–Crippen LogP) is -3.84. The maximum absolute atomic E-state index is 11.3. The molecule has 1 amide bonds. The SMILES string of the molecule is CCC1O[C@@H](O[C@@H]2C(CO)O[C@@H](O)C(NC(C)=O)[C@H]2O)C(O)[C@@H](O)[C@H]1O. The second kappa shape index (κ2) is 8.87. The van der Waals surface area contributed by atoms with E-state index in [1.165, 1.54) is 6.92 Å². The fraction of sp³-hybridized carbons (Fsp3) is 0.933. The molecule has 2 rings (SSSR count). The highest BCUT2D eigenvalue weighted by molar-refractivity contribution is 5.73. The van der Waals surface area contributed by atoms with Gasteiger partial charge in [0.1, 0.15) is 42.7 Å². The van der Waals surface area contributed by atoms with Crippen LogP contribution in [0.15, 0.2) is 0 Å². The zero-order valence-corrected chi connectivity index (χ0v) is 14.5. The Morgan fingerprint density at radius 3 is 2.19 bits per heavy atom. The number of ether oxygens (including phenoxy) is 3. The highest BCUT2D eigenvalue weighted by atomic mass is 16.7. The molecule has 7 N–H and O–H groups in total. The average Bonchev–Trinajstić information content (AvgIpc) is 2.60. The Kier molecular flexibility index (Phi) is 7.30. The summed E-state index contributed by atoms with van der Waals surface area (Å²) in [6.45, 7) is 2.26. The lowest BCUT2D eigenvalue weighted by atomic mass is 9.95. The molecule has 2 saturated heterocycles. The second-order valence-electron chi connectivity index (χ2n) is 6.49. The van der Waals surface area contributed by atoms with Crippen molar-refractivity contribution in [2.45, 2.75) is 81.6 Å². The molecule has 2 aliphatic heterocycles. The zero-order chi connectivity index (χ0) is 19.6. The summed E-state index contributed by atoms with van der Waals surface area (Å²) in [6.07, 6.45) is -11.9. The molecule has 2 aliphatic rings. The molecular weight excluding hydrogens is 354 g/mol. The third kappa shape index (κ3) is 4.32. The number of nitrogens with one attached hydrogen (secondary N) is 1. The number of carbonyl (C=O) groups excluding carboxylic acids is 1. The van der Waals surface area contributed by atoms with Crippen LogP contribution in [0.1, 0.15) is 20.3 Å². The van der Waals surface area contributed by atoms with E-state index >= 15 is 0 Å². The molecule has 2 fully saturated rings. The first-order valence-corrected chi connectivity index (χ1v) is 8.45. The monoisotopic (exact) mass is 381 g/mol. The number of hydrogen-bond acceptors (Lipinski definition) is 10. The van der Waals surface area contributed by atoms with E-state index < -0.39 is 73.9 Å². The molecule has 2 heterocycles. The van der Waals surface area contributed by atoms with Crippen molar-refractivity contribution in [1.29, 1.82) is 0 Å². The number of carbonyl (C=O) groups is 1. The maximum atomic E-state index is 11.3. The Morgan fingerprint density at radius 1 is 1.00 bits per heavy atom. The molecule has 0 radical (unpaired) electrons. The van der Waals surface area contributed by atoms with Gasteiger partial charge in [0.15, 0.2) is 12.6 Å². The minimum absolute atomic E-state index is 0.325. The van der Waals surface area contributed by atoms with E-state index in [4.69, 9.17) is 14.2 Å². The van der Waals surface area contributed by atoms with Crippen molar-refractivity contribution in [3.8, 4) is 0 Å². The van der Waals surface area contributed by atoms with Crippen LogP contribution < -0.4 is 5.32 Å². The number of amides is 1. The van der Waals surface area contributed by atoms with E-state index in [0.717, 1.165) is 0 Å². The fourth-order valence-corrected chi connectivity index (χ4v) is 3.16. The second-order valence-corrected chi connectivity index (χ2v) is 6.49. The van der Waals surface area contributed by atoms with Crippen LogP contribution in [-0.4, -0.2) is 105 Å². The molecule has 11 nitrogen and oxygen atoms in total. The third-order valence-electron chi connectivity index (χ3n) is 4.60. The van der Waals surface area contributed by atoms with Crippen LogP contribution in [0.5, 0.6) is 0 Å². The molecule has 0 aromatic rings. The lowest BCUT2D eigenvalue weighted by Crippen LogP contribution is -2.67. The standard InChI is InChI=1S/C15H27NO10/c1-3-6-9(19)11(21)12(22)15(25-6)26-13-7(4-17)24-14(23)8(10(13)20)16-5(2)18/h6-15,17,19-23H,3-4H2,1-2H3,(H,16,18)/t6?,7?,8?,9-,10+,11-,12?,13+,14+,15-/m0/s1. The Labute approximate surface area is 150 Å². The van der Waals surface area contributed by atoms with Gasteiger partial charge < -0.3 is 50.2 Å². The molecular formula is C15H27NO10. The number of aliphatic hydroxyl groups is 6. The molecule has 152 valence electrons. The van der Waals surface area contributed by atoms with E-state index in [0.29, 0.717) is 6.42 Å². The van der Waals surface area contributed by atoms with Crippen LogP contribution in [0.25, 0.3) is 0 Å². The normalized spacial score (nSPS) is 46.8. The van der Waals surface area contributed by atoms with Crippen LogP contribution >= 0.6 is 0 Å². The molecule has 0 aliphatic carbocycles. The molecule has 0 bridgehead atoms. The minimum atomic E-state index is -1.62. The summed E-state index contributed by atoms with van der Waals surface area (Å²) in [6, 6.07) is -1.24. The molecule has 0 aromatic carbocycles. The smallest absolute Gasteiger partial charge is 0.217 e. The van der Waals surface area contributed by atoms with Crippen LogP contribution in [0.2, 0.25) is 0 Å². The molecule has 4 unspecified atom stereocenters. The van der Waals surface area contributed by atoms with Gasteiger partial charge in [0, 0.05) is 6.92 Å². The quantitative estimate of drug-likeness (QED) is 0.249. The summed E-state index contributed by atoms with van der Waals surface area (Å²) in [4.78, 5) is 11.3. The number of aliphatic hydroxyl groups excluding tert-OH is 6. The molecule has 0 spiro atoms. The molecule has 26 heavy (non-hydrogen) atoms. The van der Waals surface area contributed by atoms with E-state index in [-0.39, 0.29) is 0 Å². The minimum Gasteiger partial charge on any atom is -0.394 e. The van der Waals surface area contributed by atoms with Gasteiger partial charge >= 0.3 is 0 Å². The highest BCUT2D eigenvalue weighted by Crippen LogP contribution is 2.29. The van der Waals surface area contributed by atoms with Crippen molar-refractivity contribution in [2.75, 3.05) is 6.61 Å². The molecule has 0 aromatic heterocycles. The summed E-state index contributed by atoms with van der Waals surface area (Å²) in [5.41, 5.74) is 0. The first-order valence-electron chi connectivity index (χ1n) is 8.45. The summed E-state index contributed by atoms with van der Waals surface area (Å²) >= 11 is 0. The van der Waals surface area contributed by atoms with Gasteiger partial charge in [0.2, 0.25) is 5.91 Å². The van der Waals surface area contributed by atoms with Gasteiger partial charge in [-0.15, -0.1) is 0 Å².